The zero-order valence-corrected chi connectivity index (χ0v) is 13.6. The van der Waals surface area contributed by atoms with Crippen LogP contribution < -0.4 is 15.0 Å². The Hall–Kier alpha value is -2.67. The van der Waals surface area contributed by atoms with Gasteiger partial charge in [-0.2, -0.15) is 0 Å². The fourth-order valence-electron chi connectivity index (χ4n) is 2.39. The molecule has 0 bridgehead atoms. The fourth-order valence-corrected chi connectivity index (χ4v) is 2.39. The van der Waals surface area contributed by atoms with E-state index >= 15 is 0 Å². The molecule has 3 heterocycles. The van der Waals surface area contributed by atoms with E-state index in [0.29, 0.717) is 37.0 Å². The molecule has 126 valence electrons. The minimum absolute atomic E-state index is 0.230. The monoisotopic (exact) mass is 328 g/mol. The first-order valence-electron chi connectivity index (χ1n) is 7.95. The Kier molecular flexibility index (Phi) is 5.22. The average molecular weight is 328 g/mol. The molecule has 2 aromatic rings. The summed E-state index contributed by atoms with van der Waals surface area (Å²) in [6.45, 7) is 5.51. The molecule has 2 aromatic heterocycles. The van der Waals surface area contributed by atoms with Crippen molar-refractivity contribution < 1.29 is 14.3 Å². The molecule has 1 aliphatic heterocycles. The number of morpholine rings is 1. The van der Waals surface area contributed by atoms with Crippen LogP contribution in [0.3, 0.4) is 0 Å². The number of nitrogens with zero attached hydrogens (tertiary/aromatic N) is 3. The molecule has 0 radical (unpaired) electrons. The third-order valence-corrected chi connectivity index (χ3v) is 3.63. The number of anilines is 2. The molecule has 1 fully saturated rings. The van der Waals surface area contributed by atoms with E-state index in [1.807, 2.05) is 19.1 Å². The standard InChI is InChI=1S/C17H20N4O3/c1-2-24-16-6-3-13(11-19-16)17(22)20-14-4-5-15(18-12-14)21-7-9-23-10-8-21/h3-6,11-12H,2,7-10H2,1H3,(H,20,22). The summed E-state index contributed by atoms with van der Waals surface area (Å²) >= 11 is 0. The zero-order valence-electron chi connectivity index (χ0n) is 13.6. The molecule has 7 heteroatoms. The van der Waals surface area contributed by atoms with E-state index in [1.165, 1.54) is 6.20 Å². The van der Waals surface area contributed by atoms with Crippen LogP contribution in [0.4, 0.5) is 11.5 Å². The number of aromatic nitrogens is 2. The van der Waals surface area contributed by atoms with Crippen LogP contribution in [0, 0.1) is 0 Å². The molecule has 7 nitrogen and oxygen atoms in total. The smallest absolute Gasteiger partial charge is 0.257 e. The molecule has 0 spiro atoms. The van der Waals surface area contributed by atoms with Gasteiger partial charge in [0.2, 0.25) is 5.88 Å². The Balaban J connectivity index is 1.61. The third-order valence-electron chi connectivity index (χ3n) is 3.63. The average Bonchev–Trinajstić information content (AvgIpc) is 2.64. The van der Waals surface area contributed by atoms with E-state index in [9.17, 15) is 4.79 Å². The second-order valence-electron chi connectivity index (χ2n) is 5.28. The summed E-state index contributed by atoms with van der Waals surface area (Å²) < 4.78 is 10.6. The lowest BCUT2D eigenvalue weighted by molar-refractivity contribution is 0.102. The highest BCUT2D eigenvalue weighted by Gasteiger charge is 2.13. The highest BCUT2D eigenvalue weighted by molar-refractivity contribution is 6.04. The van der Waals surface area contributed by atoms with Crippen molar-refractivity contribution in [2.24, 2.45) is 0 Å². The first-order chi connectivity index (χ1) is 11.8. The van der Waals surface area contributed by atoms with Gasteiger partial charge in [0.05, 0.1) is 37.3 Å². The van der Waals surface area contributed by atoms with Gasteiger partial charge in [0.15, 0.2) is 0 Å². The van der Waals surface area contributed by atoms with Gasteiger partial charge < -0.3 is 19.7 Å². The predicted molar refractivity (Wildman–Crippen MR) is 90.6 cm³/mol. The number of pyridine rings is 2. The molecule has 1 aliphatic rings. The second-order valence-corrected chi connectivity index (χ2v) is 5.28. The zero-order chi connectivity index (χ0) is 16.8. The SMILES string of the molecule is CCOc1ccc(C(=O)Nc2ccc(N3CCOCC3)nc2)cn1. The molecule has 1 N–H and O–H groups in total. The molecule has 0 aliphatic carbocycles. The van der Waals surface area contributed by atoms with Gasteiger partial charge in [-0.15, -0.1) is 0 Å². The maximum Gasteiger partial charge on any atom is 0.257 e. The normalized spacial score (nSPS) is 14.3. The van der Waals surface area contributed by atoms with Crippen molar-refractivity contribution in [2.45, 2.75) is 6.92 Å². The second kappa shape index (κ2) is 7.74. The van der Waals surface area contributed by atoms with Crippen LogP contribution in [-0.2, 0) is 4.74 Å². The number of carbonyl (C=O) groups is 1. The van der Waals surface area contributed by atoms with E-state index in [-0.39, 0.29) is 5.91 Å². The van der Waals surface area contributed by atoms with Gasteiger partial charge in [-0.3, -0.25) is 4.79 Å². The number of amides is 1. The summed E-state index contributed by atoms with van der Waals surface area (Å²) in [6, 6.07) is 7.11. The Morgan fingerprint density at radius 3 is 2.67 bits per heavy atom. The van der Waals surface area contributed by atoms with Crippen molar-refractivity contribution in [1.29, 1.82) is 0 Å². The Morgan fingerprint density at radius 2 is 2.04 bits per heavy atom. The number of hydrogen-bond donors (Lipinski definition) is 1. The topological polar surface area (TPSA) is 76.6 Å². The van der Waals surface area contributed by atoms with E-state index < -0.39 is 0 Å². The molecule has 0 saturated carbocycles. The van der Waals surface area contributed by atoms with Crippen molar-refractivity contribution in [1.82, 2.24) is 9.97 Å². The number of ether oxygens (including phenoxy) is 2. The molecule has 0 atom stereocenters. The van der Waals surface area contributed by atoms with Crippen LogP contribution in [0.1, 0.15) is 17.3 Å². The number of hydrogen-bond acceptors (Lipinski definition) is 6. The number of nitrogens with one attached hydrogen (secondary N) is 1. The van der Waals surface area contributed by atoms with Crippen LogP contribution in [0.25, 0.3) is 0 Å². The highest BCUT2D eigenvalue weighted by atomic mass is 16.5. The number of carbonyl (C=O) groups excluding carboxylic acids is 1. The van der Waals surface area contributed by atoms with Crippen molar-refractivity contribution in [3.05, 3.63) is 42.2 Å². The summed E-state index contributed by atoms with van der Waals surface area (Å²) in [5.41, 5.74) is 1.11. The van der Waals surface area contributed by atoms with E-state index in [2.05, 4.69) is 20.2 Å². The Morgan fingerprint density at radius 1 is 1.21 bits per heavy atom. The first-order valence-corrected chi connectivity index (χ1v) is 7.95. The van der Waals surface area contributed by atoms with E-state index in [1.54, 1.807) is 18.3 Å². The first kappa shape index (κ1) is 16.2. The van der Waals surface area contributed by atoms with Gasteiger partial charge in [0.25, 0.3) is 5.91 Å². The van der Waals surface area contributed by atoms with Crippen LogP contribution >= 0.6 is 0 Å². The van der Waals surface area contributed by atoms with Gasteiger partial charge in [-0.25, -0.2) is 9.97 Å². The highest BCUT2D eigenvalue weighted by Crippen LogP contribution is 2.16. The fraction of sp³-hybridized carbons (Fsp3) is 0.353. The number of rotatable bonds is 5. The molecule has 0 aromatic carbocycles. The summed E-state index contributed by atoms with van der Waals surface area (Å²) in [5, 5.41) is 2.81. The quantitative estimate of drug-likeness (QED) is 0.904. The van der Waals surface area contributed by atoms with Gasteiger partial charge in [-0.1, -0.05) is 0 Å². The maximum absolute atomic E-state index is 12.2. The van der Waals surface area contributed by atoms with Crippen LogP contribution in [0.5, 0.6) is 5.88 Å². The lowest BCUT2D eigenvalue weighted by Gasteiger charge is -2.27. The van der Waals surface area contributed by atoms with Gasteiger partial charge >= 0.3 is 0 Å². The van der Waals surface area contributed by atoms with Gasteiger partial charge in [0.1, 0.15) is 5.82 Å². The van der Waals surface area contributed by atoms with Gasteiger partial charge in [-0.05, 0) is 25.1 Å². The van der Waals surface area contributed by atoms with Crippen molar-refractivity contribution in [2.75, 3.05) is 43.1 Å². The van der Waals surface area contributed by atoms with Gasteiger partial charge in [0, 0.05) is 25.4 Å². The van der Waals surface area contributed by atoms with Crippen LogP contribution in [0.2, 0.25) is 0 Å². The molecule has 3 rings (SSSR count). The molecular weight excluding hydrogens is 308 g/mol. The minimum Gasteiger partial charge on any atom is -0.478 e. The largest absolute Gasteiger partial charge is 0.478 e. The molecule has 1 amide bonds. The third kappa shape index (κ3) is 3.99. The van der Waals surface area contributed by atoms with Crippen LogP contribution in [-0.4, -0.2) is 48.8 Å². The summed E-state index contributed by atoms with van der Waals surface area (Å²) in [5.74, 6) is 1.16. The van der Waals surface area contributed by atoms with Crippen molar-refractivity contribution >= 4 is 17.4 Å². The minimum atomic E-state index is -0.230. The van der Waals surface area contributed by atoms with E-state index in [4.69, 9.17) is 9.47 Å². The van der Waals surface area contributed by atoms with Crippen molar-refractivity contribution in [3.8, 4) is 5.88 Å². The molecule has 1 saturated heterocycles. The van der Waals surface area contributed by atoms with E-state index in [0.717, 1.165) is 18.9 Å². The molecule has 24 heavy (non-hydrogen) atoms. The maximum atomic E-state index is 12.2. The Labute approximate surface area is 140 Å². The molecular formula is C17H20N4O3. The van der Waals surface area contributed by atoms with Crippen LogP contribution in [0.15, 0.2) is 36.7 Å². The summed E-state index contributed by atoms with van der Waals surface area (Å²) in [7, 11) is 0. The lowest BCUT2D eigenvalue weighted by atomic mass is 10.2. The lowest BCUT2D eigenvalue weighted by Crippen LogP contribution is -2.36. The molecule has 0 unspecified atom stereocenters. The summed E-state index contributed by atoms with van der Waals surface area (Å²) in [6.07, 6.45) is 3.15. The summed E-state index contributed by atoms with van der Waals surface area (Å²) in [4.78, 5) is 22.9. The predicted octanol–water partition coefficient (Wildman–Crippen LogP) is 1.96. The Bertz CT molecular complexity index is 667. The van der Waals surface area contributed by atoms with Crippen molar-refractivity contribution in [3.63, 3.8) is 0 Å².